The summed E-state index contributed by atoms with van der Waals surface area (Å²) in [6.07, 6.45) is -0.634. The number of nitrogens with zero attached hydrogens (tertiary/aromatic N) is 1. The Bertz CT molecular complexity index is 679. The molecule has 0 spiro atoms. The number of aliphatic hydroxyl groups is 1. The van der Waals surface area contributed by atoms with Gasteiger partial charge in [0, 0.05) is 17.6 Å². The number of hydrogen-bond donors (Lipinski definition) is 1. The van der Waals surface area contributed by atoms with Crippen molar-refractivity contribution in [3.8, 4) is 17.2 Å². The van der Waals surface area contributed by atoms with E-state index in [4.69, 9.17) is 14.2 Å². The number of para-hydroxylation sites is 2. The predicted molar refractivity (Wildman–Crippen MR) is 99.5 cm³/mol. The summed E-state index contributed by atoms with van der Waals surface area (Å²) in [6.45, 7) is 1.92. The summed E-state index contributed by atoms with van der Waals surface area (Å²) >= 11 is 3.38. The van der Waals surface area contributed by atoms with Crippen LogP contribution in [0.2, 0.25) is 0 Å². The highest BCUT2D eigenvalue weighted by Gasteiger charge is 2.22. The molecule has 1 aliphatic rings. The van der Waals surface area contributed by atoms with Crippen molar-refractivity contribution in [2.45, 2.75) is 12.2 Å². The molecule has 3 rings (SSSR count). The fraction of sp³-hybridized carbons (Fsp3) is 0.368. The molecule has 0 aliphatic carbocycles. The molecular formula is C19H22BrNO4. The zero-order valence-electron chi connectivity index (χ0n) is 14.1. The van der Waals surface area contributed by atoms with Crippen molar-refractivity contribution < 1.29 is 19.3 Å². The van der Waals surface area contributed by atoms with Gasteiger partial charge in [-0.15, -0.1) is 0 Å². The Kier molecular flexibility index (Phi) is 6.18. The normalized spacial score (nSPS) is 17.4. The summed E-state index contributed by atoms with van der Waals surface area (Å²) in [5, 5.41) is 10.2. The Morgan fingerprint density at radius 1 is 1.20 bits per heavy atom. The maximum atomic E-state index is 10.2. The van der Waals surface area contributed by atoms with Crippen LogP contribution in [0.4, 0.5) is 0 Å². The summed E-state index contributed by atoms with van der Waals surface area (Å²) < 4.78 is 18.3. The molecule has 1 heterocycles. The van der Waals surface area contributed by atoms with Crippen LogP contribution in [0.3, 0.4) is 0 Å². The maximum absolute atomic E-state index is 10.2. The van der Waals surface area contributed by atoms with E-state index in [2.05, 4.69) is 15.9 Å². The number of benzene rings is 2. The molecule has 0 radical (unpaired) electrons. The Balaban J connectivity index is 1.41. The minimum atomic E-state index is -0.578. The largest absolute Gasteiger partial charge is 0.491 e. The first-order chi connectivity index (χ1) is 12.1. The quantitative estimate of drug-likeness (QED) is 0.764. The molecule has 0 saturated heterocycles. The number of halogens is 1. The number of rotatable bonds is 7. The van der Waals surface area contributed by atoms with Crippen LogP contribution >= 0.6 is 15.9 Å². The molecule has 134 valence electrons. The molecule has 2 unspecified atom stereocenters. The van der Waals surface area contributed by atoms with Gasteiger partial charge in [0.25, 0.3) is 0 Å². The van der Waals surface area contributed by atoms with Crippen LogP contribution in [0.5, 0.6) is 17.2 Å². The lowest BCUT2D eigenvalue weighted by Crippen LogP contribution is -2.42. The lowest BCUT2D eigenvalue weighted by Gasteiger charge is -2.30. The van der Waals surface area contributed by atoms with E-state index in [1.165, 1.54) is 0 Å². The summed E-state index contributed by atoms with van der Waals surface area (Å²) in [6, 6.07) is 15.2. The highest BCUT2D eigenvalue weighted by molar-refractivity contribution is 9.10. The van der Waals surface area contributed by atoms with Crippen molar-refractivity contribution in [1.82, 2.24) is 4.90 Å². The van der Waals surface area contributed by atoms with Gasteiger partial charge in [0.05, 0.1) is 0 Å². The Hall–Kier alpha value is -1.76. The van der Waals surface area contributed by atoms with Gasteiger partial charge < -0.3 is 19.3 Å². The van der Waals surface area contributed by atoms with Crippen LogP contribution < -0.4 is 14.2 Å². The average Bonchev–Trinajstić information content (AvgIpc) is 2.61. The van der Waals surface area contributed by atoms with Gasteiger partial charge in [0.2, 0.25) is 0 Å². The first-order valence-corrected chi connectivity index (χ1v) is 9.03. The molecule has 0 fully saturated rings. The summed E-state index contributed by atoms with van der Waals surface area (Å²) in [7, 11) is 1.95. The molecule has 5 nitrogen and oxygen atoms in total. The first-order valence-electron chi connectivity index (χ1n) is 8.23. The minimum absolute atomic E-state index is 0.0560. The zero-order chi connectivity index (χ0) is 17.6. The highest BCUT2D eigenvalue weighted by atomic mass is 79.9. The van der Waals surface area contributed by atoms with E-state index in [9.17, 15) is 5.11 Å². The zero-order valence-corrected chi connectivity index (χ0v) is 15.7. The molecule has 2 aromatic rings. The smallest absolute Gasteiger partial charge is 0.161 e. The van der Waals surface area contributed by atoms with Crippen molar-refractivity contribution in [2.24, 2.45) is 0 Å². The molecule has 1 N–H and O–H groups in total. The third kappa shape index (κ3) is 5.36. The van der Waals surface area contributed by atoms with Crippen LogP contribution in [-0.4, -0.2) is 55.6 Å². The maximum Gasteiger partial charge on any atom is 0.161 e. The Morgan fingerprint density at radius 2 is 1.92 bits per heavy atom. The topological polar surface area (TPSA) is 51.2 Å². The molecule has 25 heavy (non-hydrogen) atoms. The van der Waals surface area contributed by atoms with Crippen LogP contribution in [0, 0.1) is 0 Å². The van der Waals surface area contributed by atoms with Gasteiger partial charge >= 0.3 is 0 Å². The third-order valence-corrected chi connectivity index (χ3v) is 4.39. The second kappa shape index (κ2) is 8.56. The molecule has 2 aromatic carbocycles. The van der Waals surface area contributed by atoms with Crippen molar-refractivity contribution in [2.75, 3.05) is 33.4 Å². The fourth-order valence-corrected chi connectivity index (χ4v) is 2.98. The summed E-state index contributed by atoms with van der Waals surface area (Å²) in [5.41, 5.74) is 0. The monoisotopic (exact) mass is 407 g/mol. The van der Waals surface area contributed by atoms with Gasteiger partial charge in [-0.05, 0) is 43.4 Å². The van der Waals surface area contributed by atoms with E-state index < -0.39 is 6.10 Å². The molecule has 0 amide bonds. The number of fused-ring (bicyclic) bond motifs is 1. The van der Waals surface area contributed by atoms with Crippen LogP contribution in [0.1, 0.15) is 0 Å². The number of aliphatic hydroxyl groups excluding tert-OH is 1. The van der Waals surface area contributed by atoms with Crippen LogP contribution in [0.15, 0.2) is 53.0 Å². The fourth-order valence-electron chi connectivity index (χ4n) is 2.71. The highest BCUT2D eigenvalue weighted by Crippen LogP contribution is 2.30. The summed E-state index contributed by atoms with van der Waals surface area (Å²) in [4.78, 5) is 2.03. The number of hydrogen-bond acceptors (Lipinski definition) is 5. The molecule has 0 aromatic heterocycles. The van der Waals surface area contributed by atoms with Crippen LogP contribution in [-0.2, 0) is 0 Å². The lowest BCUT2D eigenvalue weighted by molar-refractivity contribution is 0.0374. The Labute approximate surface area is 156 Å². The van der Waals surface area contributed by atoms with Gasteiger partial charge in [0.15, 0.2) is 11.5 Å². The molecule has 0 bridgehead atoms. The van der Waals surface area contributed by atoms with Gasteiger partial charge in [0.1, 0.15) is 31.2 Å². The van der Waals surface area contributed by atoms with Gasteiger partial charge in [-0.3, -0.25) is 4.90 Å². The van der Waals surface area contributed by atoms with Crippen LogP contribution in [0.25, 0.3) is 0 Å². The standard InChI is InChI=1S/C19H22BrNO4/c1-21(10-15(22)12-23-16-8-6-14(20)7-9-16)11-17-13-24-18-4-2-3-5-19(18)25-17/h2-9,15,17,22H,10-13H2,1H3. The third-order valence-electron chi connectivity index (χ3n) is 3.86. The molecular weight excluding hydrogens is 386 g/mol. The van der Waals surface area contributed by atoms with Gasteiger partial charge in [-0.2, -0.15) is 0 Å². The predicted octanol–water partition coefficient (Wildman–Crippen LogP) is 2.96. The number of likely N-dealkylation sites (N-methyl/N-ethyl adjacent to an activating group) is 1. The summed E-state index contributed by atoms with van der Waals surface area (Å²) in [5.74, 6) is 2.29. The molecule has 6 heteroatoms. The second-order valence-corrected chi connectivity index (χ2v) is 7.05. The second-order valence-electron chi connectivity index (χ2n) is 6.14. The molecule has 2 atom stereocenters. The van der Waals surface area contributed by atoms with E-state index in [0.717, 1.165) is 21.7 Å². The van der Waals surface area contributed by atoms with E-state index >= 15 is 0 Å². The van der Waals surface area contributed by atoms with E-state index in [1.807, 2.05) is 60.5 Å². The van der Waals surface area contributed by atoms with Gasteiger partial charge in [-0.1, -0.05) is 28.1 Å². The first kappa shape index (κ1) is 18.0. The van der Waals surface area contributed by atoms with Crippen molar-refractivity contribution in [3.05, 3.63) is 53.0 Å². The van der Waals surface area contributed by atoms with E-state index in [0.29, 0.717) is 19.7 Å². The lowest BCUT2D eigenvalue weighted by atomic mass is 10.2. The van der Waals surface area contributed by atoms with Crippen molar-refractivity contribution in [1.29, 1.82) is 0 Å². The molecule has 0 saturated carbocycles. The van der Waals surface area contributed by atoms with Gasteiger partial charge in [-0.25, -0.2) is 0 Å². The van der Waals surface area contributed by atoms with Crippen molar-refractivity contribution >= 4 is 15.9 Å². The van der Waals surface area contributed by atoms with E-state index in [1.54, 1.807) is 0 Å². The Morgan fingerprint density at radius 3 is 2.68 bits per heavy atom. The van der Waals surface area contributed by atoms with E-state index in [-0.39, 0.29) is 12.7 Å². The SMILES string of the molecule is CN(CC(O)COc1ccc(Br)cc1)CC1COc2ccccc2O1. The van der Waals surface area contributed by atoms with Crippen molar-refractivity contribution in [3.63, 3.8) is 0 Å². The minimum Gasteiger partial charge on any atom is -0.491 e. The molecule has 1 aliphatic heterocycles. The number of ether oxygens (including phenoxy) is 3. The average molecular weight is 408 g/mol.